The zero-order valence-electron chi connectivity index (χ0n) is 19.5. The maximum atomic E-state index is 13.0. The van der Waals surface area contributed by atoms with E-state index < -0.39 is 47.9 Å². The number of carbonyl (C=O) groups excluding carboxylic acids is 3. The van der Waals surface area contributed by atoms with Gasteiger partial charge in [0.25, 0.3) is 0 Å². The number of nitrogens with two attached hydrogens (primary N) is 1. The fourth-order valence-corrected chi connectivity index (χ4v) is 3.06. The fourth-order valence-electron chi connectivity index (χ4n) is 3.06. The number of imidazole rings is 1. The largest absolute Gasteiger partial charge is 0.480 e. The molecule has 0 aliphatic heterocycles. The van der Waals surface area contributed by atoms with E-state index in [4.69, 9.17) is 5.73 Å². The number of hydrogen-bond donors (Lipinski definition) is 6. The lowest BCUT2D eigenvalue weighted by Crippen LogP contribution is -2.60. The lowest BCUT2D eigenvalue weighted by molar-refractivity contribution is -0.144. The monoisotopic (exact) mass is 452 g/mol. The van der Waals surface area contributed by atoms with Gasteiger partial charge in [-0.3, -0.25) is 14.4 Å². The minimum absolute atomic E-state index is 0.223. The number of carbonyl (C=O) groups is 4. The van der Waals surface area contributed by atoms with Crippen LogP contribution in [0.3, 0.4) is 0 Å². The van der Waals surface area contributed by atoms with Crippen LogP contribution in [0.2, 0.25) is 0 Å². The molecule has 32 heavy (non-hydrogen) atoms. The highest BCUT2D eigenvalue weighted by atomic mass is 16.4. The lowest BCUT2D eigenvalue weighted by Gasteiger charge is -2.29. The van der Waals surface area contributed by atoms with E-state index in [1.54, 1.807) is 47.7 Å². The van der Waals surface area contributed by atoms with E-state index in [1.165, 1.54) is 6.33 Å². The molecule has 0 saturated carbocycles. The number of hydrogen-bond acceptors (Lipinski definition) is 6. The summed E-state index contributed by atoms with van der Waals surface area (Å²) in [7, 11) is 0. The molecule has 0 fully saturated rings. The zero-order chi connectivity index (χ0) is 24.6. The molecule has 3 amide bonds. The summed E-state index contributed by atoms with van der Waals surface area (Å²) in [4.78, 5) is 56.4. The van der Waals surface area contributed by atoms with Crippen molar-refractivity contribution >= 4 is 23.7 Å². The third-order valence-corrected chi connectivity index (χ3v) is 5.06. The van der Waals surface area contributed by atoms with Crippen molar-refractivity contribution < 1.29 is 24.3 Å². The lowest BCUT2D eigenvalue weighted by atomic mass is 9.98. The van der Waals surface area contributed by atoms with Gasteiger partial charge in [-0.2, -0.15) is 0 Å². The Hall–Kier alpha value is -2.95. The van der Waals surface area contributed by atoms with Crippen LogP contribution in [0.4, 0.5) is 0 Å². The van der Waals surface area contributed by atoms with Crippen LogP contribution in [-0.4, -0.2) is 62.9 Å². The first-order chi connectivity index (χ1) is 14.8. The van der Waals surface area contributed by atoms with Crippen molar-refractivity contribution in [1.82, 2.24) is 25.9 Å². The van der Waals surface area contributed by atoms with Crippen LogP contribution >= 0.6 is 0 Å². The minimum Gasteiger partial charge on any atom is -0.480 e. The van der Waals surface area contributed by atoms with Gasteiger partial charge in [-0.1, -0.05) is 41.5 Å². The fraction of sp³-hybridized carbons (Fsp3) is 0.667. The Morgan fingerprint density at radius 2 is 1.31 bits per heavy atom. The molecule has 1 rings (SSSR count). The molecule has 0 spiro atoms. The molecule has 1 aromatic rings. The maximum absolute atomic E-state index is 13.0. The number of aromatic nitrogens is 2. The van der Waals surface area contributed by atoms with Crippen molar-refractivity contribution in [2.45, 2.75) is 72.1 Å². The van der Waals surface area contributed by atoms with Crippen LogP contribution in [0.25, 0.3) is 0 Å². The van der Waals surface area contributed by atoms with Crippen LogP contribution in [0.1, 0.15) is 47.2 Å². The predicted octanol–water partition coefficient (Wildman–Crippen LogP) is -0.213. The molecule has 180 valence electrons. The molecule has 0 aliphatic carbocycles. The Morgan fingerprint density at radius 1 is 0.875 bits per heavy atom. The molecule has 4 atom stereocenters. The smallest absolute Gasteiger partial charge is 0.326 e. The van der Waals surface area contributed by atoms with E-state index in [9.17, 15) is 24.3 Å². The van der Waals surface area contributed by atoms with E-state index >= 15 is 0 Å². The number of aliphatic carboxylic acids is 1. The standard InChI is InChI=1S/C21H36N6O5/c1-10(2)15(25-18(28)14(22)7-13-8-23-9-24-13)19(29)26-16(11(3)4)20(30)27-17(12(5)6)21(31)32/h8-12,14-17H,7,22H2,1-6H3,(H,23,24)(H,25,28)(H,26,29)(H,27,30)(H,31,32). The summed E-state index contributed by atoms with van der Waals surface area (Å²) in [5, 5.41) is 17.1. The second-order valence-corrected chi connectivity index (χ2v) is 8.92. The number of carboxylic acids is 1. The molecular formula is C21H36N6O5. The van der Waals surface area contributed by atoms with Crippen LogP contribution < -0.4 is 21.7 Å². The van der Waals surface area contributed by atoms with Crippen molar-refractivity contribution in [2.75, 3.05) is 0 Å². The summed E-state index contributed by atoms with van der Waals surface area (Å²) in [5.74, 6) is -3.74. The summed E-state index contributed by atoms with van der Waals surface area (Å²) in [6.45, 7) is 10.3. The summed E-state index contributed by atoms with van der Waals surface area (Å²) in [6, 6.07) is -3.87. The van der Waals surface area contributed by atoms with Crippen LogP contribution in [0.5, 0.6) is 0 Å². The highest BCUT2D eigenvalue weighted by Gasteiger charge is 2.33. The summed E-state index contributed by atoms with van der Waals surface area (Å²) in [5.41, 5.74) is 6.64. The topological polar surface area (TPSA) is 179 Å². The number of nitrogens with one attached hydrogen (secondary N) is 4. The normalized spacial score (nSPS) is 15.2. The van der Waals surface area contributed by atoms with Crippen molar-refractivity contribution in [1.29, 1.82) is 0 Å². The summed E-state index contributed by atoms with van der Waals surface area (Å²) >= 11 is 0. The number of aromatic amines is 1. The Balaban J connectivity index is 2.87. The van der Waals surface area contributed by atoms with Gasteiger partial charge in [0.1, 0.15) is 18.1 Å². The molecule has 0 bridgehead atoms. The molecule has 0 aromatic carbocycles. The average Bonchev–Trinajstić information content (AvgIpc) is 3.19. The first kappa shape index (κ1) is 27.1. The highest BCUT2D eigenvalue weighted by molar-refractivity contribution is 5.94. The molecule has 4 unspecified atom stereocenters. The predicted molar refractivity (Wildman–Crippen MR) is 118 cm³/mol. The Kier molecular flexibility index (Phi) is 10.3. The van der Waals surface area contributed by atoms with E-state index in [2.05, 4.69) is 25.9 Å². The summed E-state index contributed by atoms with van der Waals surface area (Å²) < 4.78 is 0. The number of carboxylic acid groups (broad SMARTS) is 1. The van der Waals surface area contributed by atoms with Crippen molar-refractivity contribution in [3.05, 3.63) is 18.2 Å². The van der Waals surface area contributed by atoms with E-state index in [0.29, 0.717) is 5.69 Å². The molecule has 0 saturated heterocycles. The molecule has 1 heterocycles. The Bertz CT molecular complexity index is 778. The van der Waals surface area contributed by atoms with Gasteiger partial charge in [0.05, 0.1) is 12.4 Å². The van der Waals surface area contributed by atoms with Gasteiger partial charge in [-0.25, -0.2) is 9.78 Å². The Morgan fingerprint density at radius 3 is 1.69 bits per heavy atom. The molecule has 7 N–H and O–H groups in total. The second kappa shape index (κ2) is 12.2. The molecule has 1 aromatic heterocycles. The molecular weight excluding hydrogens is 416 g/mol. The van der Waals surface area contributed by atoms with Gasteiger partial charge in [0, 0.05) is 18.3 Å². The average molecular weight is 453 g/mol. The van der Waals surface area contributed by atoms with Gasteiger partial charge in [-0.05, 0) is 17.8 Å². The molecule has 11 nitrogen and oxygen atoms in total. The van der Waals surface area contributed by atoms with E-state index in [0.717, 1.165) is 0 Å². The minimum atomic E-state index is -1.15. The van der Waals surface area contributed by atoms with Crippen LogP contribution in [0.15, 0.2) is 12.5 Å². The van der Waals surface area contributed by atoms with Crippen molar-refractivity contribution in [3.63, 3.8) is 0 Å². The highest BCUT2D eigenvalue weighted by Crippen LogP contribution is 2.09. The maximum Gasteiger partial charge on any atom is 0.326 e. The van der Waals surface area contributed by atoms with E-state index in [-0.39, 0.29) is 24.2 Å². The second-order valence-electron chi connectivity index (χ2n) is 8.92. The number of H-pyrrole nitrogens is 1. The first-order valence-corrected chi connectivity index (χ1v) is 10.7. The van der Waals surface area contributed by atoms with Gasteiger partial charge >= 0.3 is 5.97 Å². The van der Waals surface area contributed by atoms with Gasteiger partial charge in [-0.15, -0.1) is 0 Å². The summed E-state index contributed by atoms with van der Waals surface area (Å²) in [6.07, 6.45) is 3.27. The SMILES string of the molecule is CC(C)C(NC(=O)C(NC(=O)C(NC(=O)C(N)Cc1cnc[nH]1)C(C)C)C(C)C)C(=O)O. The zero-order valence-corrected chi connectivity index (χ0v) is 19.5. The van der Waals surface area contributed by atoms with Gasteiger partial charge < -0.3 is 31.8 Å². The van der Waals surface area contributed by atoms with Crippen molar-refractivity contribution in [3.8, 4) is 0 Å². The first-order valence-electron chi connectivity index (χ1n) is 10.7. The van der Waals surface area contributed by atoms with Crippen LogP contribution in [0, 0.1) is 17.8 Å². The van der Waals surface area contributed by atoms with Gasteiger partial charge in [0.15, 0.2) is 0 Å². The quantitative estimate of drug-likeness (QED) is 0.254. The molecule has 0 radical (unpaired) electrons. The number of rotatable bonds is 12. The number of amides is 3. The van der Waals surface area contributed by atoms with E-state index in [1.807, 2.05) is 0 Å². The van der Waals surface area contributed by atoms with Crippen molar-refractivity contribution in [2.24, 2.45) is 23.5 Å². The van der Waals surface area contributed by atoms with Gasteiger partial charge in [0.2, 0.25) is 17.7 Å². The Labute approximate surface area is 188 Å². The molecule has 11 heteroatoms. The number of nitrogens with zero attached hydrogens (tertiary/aromatic N) is 1. The molecule has 0 aliphatic rings. The van der Waals surface area contributed by atoms with Crippen LogP contribution in [-0.2, 0) is 25.6 Å². The third kappa shape index (κ3) is 7.95. The third-order valence-electron chi connectivity index (χ3n) is 5.06.